The Hall–Kier alpha value is -0.0800. The van der Waals surface area contributed by atoms with Crippen LogP contribution in [0.15, 0.2) is 4.99 Å². The van der Waals surface area contributed by atoms with E-state index in [1.54, 1.807) is 0 Å². The Balaban J connectivity index is 0.00000144. The van der Waals surface area contributed by atoms with Crippen LogP contribution in [-0.2, 0) is 4.74 Å². The molecule has 2 aliphatic heterocycles. The number of hydrogen-bond donors (Lipinski definition) is 2. The number of ether oxygens (including phenoxy) is 1. The van der Waals surface area contributed by atoms with Crippen LogP contribution in [0.5, 0.6) is 0 Å². The van der Waals surface area contributed by atoms with E-state index in [0.29, 0.717) is 13.2 Å². The molecule has 1 fully saturated rings. The SMILES string of the molecule is CN1CCN=C1NCCC1(O)CCOCC1.I. The summed E-state index contributed by atoms with van der Waals surface area (Å²) in [4.78, 5) is 6.45. The van der Waals surface area contributed by atoms with Crippen LogP contribution in [0.3, 0.4) is 0 Å². The van der Waals surface area contributed by atoms with E-state index in [9.17, 15) is 5.11 Å². The zero-order valence-electron chi connectivity index (χ0n) is 10.3. The Morgan fingerprint density at radius 3 is 2.76 bits per heavy atom. The minimum absolute atomic E-state index is 0. The molecule has 2 rings (SSSR count). The van der Waals surface area contributed by atoms with Gasteiger partial charge < -0.3 is 20.1 Å². The second-order valence-corrected chi connectivity index (χ2v) is 4.64. The van der Waals surface area contributed by atoms with Crippen molar-refractivity contribution in [2.75, 3.05) is 39.9 Å². The third-order valence-electron chi connectivity index (χ3n) is 3.36. The van der Waals surface area contributed by atoms with E-state index in [0.717, 1.165) is 44.9 Å². The summed E-state index contributed by atoms with van der Waals surface area (Å²) in [7, 11) is 2.03. The van der Waals surface area contributed by atoms with Gasteiger partial charge in [-0.25, -0.2) is 0 Å². The molecule has 2 N–H and O–H groups in total. The first kappa shape index (κ1) is 15.0. The summed E-state index contributed by atoms with van der Waals surface area (Å²) in [5.74, 6) is 0.954. The van der Waals surface area contributed by atoms with Gasteiger partial charge in [0.25, 0.3) is 0 Å². The van der Waals surface area contributed by atoms with E-state index >= 15 is 0 Å². The Labute approximate surface area is 120 Å². The number of rotatable bonds is 3. The molecule has 0 radical (unpaired) electrons. The molecule has 0 amide bonds. The van der Waals surface area contributed by atoms with Gasteiger partial charge in [-0.05, 0) is 19.3 Å². The van der Waals surface area contributed by atoms with Gasteiger partial charge in [-0.2, -0.15) is 0 Å². The third kappa shape index (κ3) is 4.26. The van der Waals surface area contributed by atoms with Gasteiger partial charge in [-0.15, -0.1) is 24.0 Å². The first-order chi connectivity index (χ1) is 7.70. The van der Waals surface area contributed by atoms with Gasteiger partial charge >= 0.3 is 0 Å². The monoisotopic (exact) mass is 355 g/mol. The number of halogens is 1. The maximum atomic E-state index is 10.2. The summed E-state index contributed by atoms with van der Waals surface area (Å²) < 4.78 is 5.25. The first-order valence-electron chi connectivity index (χ1n) is 5.99. The van der Waals surface area contributed by atoms with E-state index in [2.05, 4.69) is 15.2 Å². The van der Waals surface area contributed by atoms with Crippen LogP contribution in [-0.4, -0.2) is 61.5 Å². The summed E-state index contributed by atoms with van der Waals surface area (Å²) in [6.07, 6.45) is 2.26. The normalized spacial score (nSPS) is 22.9. The van der Waals surface area contributed by atoms with Crippen molar-refractivity contribution in [1.29, 1.82) is 0 Å². The van der Waals surface area contributed by atoms with Gasteiger partial charge in [0.1, 0.15) is 0 Å². The van der Waals surface area contributed by atoms with Crippen molar-refractivity contribution in [2.24, 2.45) is 4.99 Å². The highest BCUT2D eigenvalue weighted by molar-refractivity contribution is 14.0. The van der Waals surface area contributed by atoms with Crippen LogP contribution < -0.4 is 5.32 Å². The molecule has 5 nitrogen and oxygen atoms in total. The molecule has 6 heteroatoms. The minimum atomic E-state index is -0.539. The van der Waals surface area contributed by atoms with E-state index in [1.807, 2.05) is 7.05 Å². The lowest BCUT2D eigenvalue weighted by atomic mass is 9.91. The lowest BCUT2D eigenvalue weighted by molar-refractivity contribution is -0.0669. The molecule has 0 unspecified atom stereocenters. The molecular formula is C11H22IN3O2. The molecule has 0 aromatic rings. The number of nitrogens with one attached hydrogen (secondary N) is 1. The van der Waals surface area contributed by atoms with Crippen molar-refractivity contribution < 1.29 is 9.84 Å². The zero-order chi connectivity index (χ0) is 11.4. The van der Waals surface area contributed by atoms with Gasteiger partial charge in [-0.1, -0.05) is 0 Å². The van der Waals surface area contributed by atoms with Gasteiger partial charge in [0.05, 0.1) is 12.1 Å². The highest BCUT2D eigenvalue weighted by Gasteiger charge is 2.29. The summed E-state index contributed by atoms with van der Waals surface area (Å²) in [5.41, 5.74) is -0.539. The molecule has 0 atom stereocenters. The summed E-state index contributed by atoms with van der Waals surface area (Å²) in [6.45, 7) is 3.99. The van der Waals surface area contributed by atoms with Crippen molar-refractivity contribution in [3.05, 3.63) is 0 Å². The number of nitrogens with zero attached hydrogens (tertiary/aromatic N) is 2. The average Bonchev–Trinajstić information content (AvgIpc) is 2.65. The first-order valence-corrected chi connectivity index (χ1v) is 5.99. The maximum absolute atomic E-state index is 10.2. The van der Waals surface area contributed by atoms with Gasteiger partial charge in [-0.3, -0.25) is 4.99 Å². The second kappa shape index (κ2) is 6.75. The van der Waals surface area contributed by atoms with Crippen LogP contribution in [0.25, 0.3) is 0 Å². The molecule has 2 heterocycles. The van der Waals surface area contributed by atoms with E-state index in [4.69, 9.17) is 4.74 Å². The number of likely N-dealkylation sites (N-methyl/N-ethyl adjacent to an activating group) is 1. The Morgan fingerprint density at radius 1 is 1.47 bits per heavy atom. The number of hydrogen-bond acceptors (Lipinski definition) is 5. The minimum Gasteiger partial charge on any atom is -0.390 e. The van der Waals surface area contributed by atoms with Crippen molar-refractivity contribution in [2.45, 2.75) is 24.9 Å². The van der Waals surface area contributed by atoms with Gasteiger partial charge in [0.15, 0.2) is 5.96 Å². The van der Waals surface area contributed by atoms with Crippen LogP contribution >= 0.6 is 24.0 Å². The standard InChI is InChI=1S/C11H21N3O2.HI/c1-14-7-6-13-10(14)12-5-2-11(15)3-8-16-9-4-11;/h15H,2-9H2,1H3,(H,12,13);1H. The van der Waals surface area contributed by atoms with Crippen LogP contribution in [0.2, 0.25) is 0 Å². The molecule has 100 valence electrons. The van der Waals surface area contributed by atoms with Crippen LogP contribution in [0.1, 0.15) is 19.3 Å². The van der Waals surface area contributed by atoms with Crippen LogP contribution in [0.4, 0.5) is 0 Å². The van der Waals surface area contributed by atoms with Crippen molar-refractivity contribution in [3.63, 3.8) is 0 Å². The molecule has 0 bridgehead atoms. The molecule has 0 aromatic heterocycles. The van der Waals surface area contributed by atoms with Crippen molar-refractivity contribution >= 4 is 29.9 Å². The third-order valence-corrected chi connectivity index (χ3v) is 3.36. The quantitative estimate of drug-likeness (QED) is 0.721. The molecule has 2 aliphatic rings. The molecular weight excluding hydrogens is 333 g/mol. The van der Waals surface area contributed by atoms with E-state index < -0.39 is 5.60 Å². The summed E-state index contributed by atoms with van der Waals surface area (Å²) in [5, 5.41) is 13.5. The Bertz CT molecular complexity index is 267. The predicted molar refractivity (Wildman–Crippen MR) is 78.0 cm³/mol. The van der Waals surface area contributed by atoms with E-state index in [-0.39, 0.29) is 24.0 Å². The molecule has 0 aromatic carbocycles. The van der Waals surface area contributed by atoms with Gasteiger partial charge in [0.2, 0.25) is 0 Å². The molecule has 0 saturated carbocycles. The topological polar surface area (TPSA) is 57.1 Å². The predicted octanol–water partition coefficient (Wildman–Crippen LogP) is 0.427. The fourth-order valence-electron chi connectivity index (χ4n) is 2.13. The molecule has 1 saturated heterocycles. The second-order valence-electron chi connectivity index (χ2n) is 4.64. The van der Waals surface area contributed by atoms with E-state index in [1.165, 1.54) is 0 Å². The molecule has 0 aliphatic carbocycles. The number of guanidine groups is 1. The lowest BCUT2D eigenvalue weighted by Gasteiger charge is -2.32. The smallest absolute Gasteiger partial charge is 0.193 e. The maximum Gasteiger partial charge on any atom is 0.193 e. The van der Waals surface area contributed by atoms with Crippen LogP contribution in [0, 0.1) is 0 Å². The highest BCUT2D eigenvalue weighted by Crippen LogP contribution is 2.23. The average molecular weight is 355 g/mol. The Morgan fingerprint density at radius 2 is 2.18 bits per heavy atom. The zero-order valence-corrected chi connectivity index (χ0v) is 12.6. The summed E-state index contributed by atoms with van der Waals surface area (Å²) in [6, 6.07) is 0. The Kier molecular flexibility index (Phi) is 5.94. The largest absolute Gasteiger partial charge is 0.390 e. The summed E-state index contributed by atoms with van der Waals surface area (Å²) >= 11 is 0. The van der Waals surface area contributed by atoms with Crippen molar-refractivity contribution in [3.8, 4) is 0 Å². The van der Waals surface area contributed by atoms with Gasteiger partial charge in [0, 0.05) is 33.4 Å². The number of aliphatic hydroxyl groups is 1. The fourth-order valence-corrected chi connectivity index (χ4v) is 2.13. The fraction of sp³-hybridized carbons (Fsp3) is 0.909. The molecule has 0 spiro atoms. The lowest BCUT2D eigenvalue weighted by Crippen LogP contribution is -2.42. The highest BCUT2D eigenvalue weighted by atomic mass is 127. The van der Waals surface area contributed by atoms with Crippen molar-refractivity contribution in [1.82, 2.24) is 10.2 Å². The molecule has 17 heavy (non-hydrogen) atoms. The number of aliphatic imine (C=N–C) groups is 1.